The molecule has 1 amide bonds. The lowest BCUT2D eigenvalue weighted by atomic mass is 10.1. The molecule has 3 heterocycles. The molecule has 6 aromatic rings. The van der Waals surface area contributed by atoms with E-state index in [1.807, 2.05) is 50.2 Å². The van der Waals surface area contributed by atoms with Gasteiger partial charge in [-0.15, -0.1) is 0 Å². The standard InChI is InChI=1S/C40H39N5O4S/c1-28-6-11-33(12-7-28)45(50(47,48)35-14-8-29(2)9-15-35)40(46)39-25-32-24-34(13-17-38(32)49-39)44-21-19-43(20-22-44)18-4-3-5-31-27-42-37-16-10-30(26-41)23-36(31)37/h6-17,23-25,27,42H,3-5,18-22H2,1-2H3. The zero-order valence-corrected chi connectivity index (χ0v) is 29.0. The molecule has 7 rings (SSSR count). The van der Waals surface area contributed by atoms with Gasteiger partial charge in [-0.3, -0.25) is 9.69 Å². The fourth-order valence-corrected chi connectivity index (χ4v) is 8.03. The zero-order valence-electron chi connectivity index (χ0n) is 28.2. The summed E-state index contributed by atoms with van der Waals surface area (Å²) in [4.78, 5) is 22.2. The number of nitrogens with zero attached hydrogens (tertiary/aromatic N) is 4. The van der Waals surface area contributed by atoms with Gasteiger partial charge in [0.1, 0.15) is 5.58 Å². The molecule has 0 spiro atoms. The highest BCUT2D eigenvalue weighted by atomic mass is 32.2. The first-order valence-electron chi connectivity index (χ1n) is 16.9. The number of anilines is 2. The number of rotatable bonds is 10. The van der Waals surface area contributed by atoms with Crippen LogP contribution in [0.4, 0.5) is 11.4 Å². The summed E-state index contributed by atoms with van der Waals surface area (Å²) in [6.07, 6.45) is 5.22. The van der Waals surface area contributed by atoms with Gasteiger partial charge < -0.3 is 14.3 Å². The van der Waals surface area contributed by atoms with E-state index in [-0.39, 0.29) is 16.3 Å². The molecule has 1 aliphatic rings. The predicted molar refractivity (Wildman–Crippen MR) is 197 cm³/mol. The first-order chi connectivity index (χ1) is 24.2. The normalized spacial score (nSPS) is 13.9. The van der Waals surface area contributed by atoms with E-state index in [2.05, 4.69) is 27.0 Å². The molecule has 4 aromatic carbocycles. The summed E-state index contributed by atoms with van der Waals surface area (Å²) in [7, 11) is -4.23. The van der Waals surface area contributed by atoms with Gasteiger partial charge in [0, 0.05) is 54.4 Å². The Labute approximate surface area is 292 Å². The second kappa shape index (κ2) is 13.9. The number of nitriles is 1. The molecule has 0 unspecified atom stereocenters. The number of benzene rings is 4. The number of furan rings is 1. The fourth-order valence-electron chi connectivity index (χ4n) is 6.63. The van der Waals surface area contributed by atoms with Crippen molar-refractivity contribution in [2.24, 2.45) is 0 Å². The Balaban J connectivity index is 1.00. The van der Waals surface area contributed by atoms with Crippen molar-refractivity contribution in [2.45, 2.75) is 38.0 Å². The van der Waals surface area contributed by atoms with E-state index >= 15 is 0 Å². The second-order valence-electron chi connectivity index (χ2n) is 13.0. The number of aromatic nitrogens is 1. The average Bonchev–Trinajstić information content (AvgIpc) is 3.75. The van der Waals surface area contributed by atoms with Crippen LogP contribution in [-0.4, -0.2) is 56.9 Å². The average molecular weight is 686 g/mol. The number of unbranched alkanes of at least 4 members (excludes halogenated alkanes) is 1. The van der Waals surface area contributed by atoms with E-state index in [0.29, 0.717) is 11.1 Å². The summed E-state index contributed by atoms with van der Waals surface area (Å²) in [5, 5.41) is 11.1. The maximum absolute atomic E-state index is 14.0. The van der Waals surface area contributed by atoms with Crippen LogP contribution >= 0.6 is 0 Å². The van der Waals surface area contributed by atoms with E-state index < -0.39 is 15.9 Å². The van der Waals surface area contributed by atoms with E-state index in [0.717, 1.165) is 89.4 Å². The fraction of sp³-hybridized carbons (Fsp3) is 0.250. The van der Waals surface area contributed by atoms with Crippen molar-refractivity contribution < 1.29 is 17.6 Å². The molecule has 50 heavy (non-hydrogen) atoms. The van der Waals surface area contributed by atoms with Crippen LogP contribution in [0.25, 0.3) is 21.9 Å². The van der Waals surface area contributed by atoms with Crippen LogP contribution in [0.2, 0.25) is 0 Å². The number of hydrogen-bond donors (Lipinski definition) is 1. The molecule has 1 saturated heterocycles. The van der Waals surface area contributed by atoms with Crippen LogP contribution in [0.3, 0.4) is 0 Å². The molecule has 0 radical (unpaired) electrons. The van der Waals surface area contributed by atoms with Gasteiger partial charge in [0.25, 0.3) is 10.0 Å². The first-order valence-corrected chi connectivity index (χ1v) is 18.4. The number of H-pyrrole nitrogens is 1. The van der Waals surface area contributed by atoms with Crippen molar-refractivity contribution in [3.63, 3.8) is 0 Å². The van der Waals surface area contributed by atoms with Gasteiger partial charge in [0.15, 0.2) is 5.76 Å². The molecule has 1 fully saturated rings. The maximum Gasteiger partial charge on any atom is 0.308 e. The number of aromatic amines is 1. The van der Waals surface area contributed by atoms with Crippen LogP contribution in [0, 0.1) is 25.2 Å². The lowest BCUT2D eigenvalue weighted by Gasteiger charge is -2.36. The summed E-state index contributed by atoms with van der Waals surface area (Å²) in [5.41, 5.74) is 6.69. The van der Waals surface area contributed by atoms with Gasteiger partial charge in [-0.2, -0.15) is 9.57 Å². The van der Waals surface area contributed by atoms with Gasteiger partial charge in [-0.05, 0) is 112 Å². The molecule has 0 aliphatic carbocycles. The lowest BCUT2D eigenvalue weighted by molar-refractivity contribution is 0.0981. The van der Waals surface area contributed by atoms with Gasteiger partial charge in [0.2, 0.25) is 0 Å². The van der Waals surface area contributed by atoms with E-state index in [4.69, 9.17) is 4.42 Å². The molecular formula is C40H39N5O4S. The molecule has 9 nitrogen and oxygen atoms in total. The number of aryl methyl sites for hydroxylation is 3. The molecule has 0 saturated carbocycles. The highest BCUT2D eigenvalue weighted by molar-refractivity contribution is 7.93. The third kappa shape index (κ3) is 6.75. The highest BCUT2D eigenvalue weighted by Crippen LogP contribution is 2.31. The molecule has 1 aliphatic heterocycles. The van der Waals surface area contributed by atoms with E-state index in [9.17, 15) is 18.5 Å². The van der Waals surface area contributed by atoms with Crippen molar-refractivity contribution >= 4 is 49.2 Å². The van der Waals surface area contributed by atoms with Crippen LogP contribution in [0.5, 0.6) is 0 Å². The third-order valence-electron chi connectivity index (χ3n) is 9.53. The number of amides is 1. The minimum absolute atomic E-state index is 0.0268. The summed E-state index contributed by atoms with van der Waals surface area (Å²) in [6.45, 7) is 8.49. The number of nitrogens with one attached hydrogen (secondary N) is 1. The Morgan fingerprint density at radius 3 is 2.32 bits per heavy atom. The third-order valence-corrected chi connectivity index (χ3v) is 11.3. The van der Waals surface area contributed by atoms with Crippen molar-refractivity contribution in [1.82, 2.24) is 9.88 Å². The largest absolute Gasteiger partial charge is 0.451 e. The number of sulfonamides is 1. The van der Waals surface area contributed by atoms with Crippen molar-refractivity contribution in [3.8, 4) is 6.07 Å². The van der Waals surface area contributed by atoms with E-state index in [1.165, 1.54) is 17.7 Å². The number of piperazine rings is 1. The Morgan fingerprint density at radius 2 is 1.60 bits per heavy atom. The number of hydrogen-bond acceptors (Lipinski definition) is 7. The summed E-state index contributed by atoms with van der Waals surface area (Å²) >= 11 is 0. The number of carbonyl (C=O) groups is 1. The molecule has 1 N–H and O–H groups in total. The van der Waals surface area contributed by atoms with Crippen LogP contribution < -0.4 is 9.21 Å². The minimum atomic E-state index is -4.23. The molecule has 10 heteroatoms. The zero-order chi connectivity index (χ0) is 34.8. The number of carbonyl (C=O) groups excluding carboxylic acids is 1. The SMILES string of the molecule is Cc1ccc(N(C(=O)c2cc3cc(N4CCN(CCCCc5c[nH]c6ccc(C#N)cc56)CC4)ccc3o2)S(=O)(=O)c2ccc(C)cc2)cc1. The Kier molecular flexibility index (Phi) is 9.19. The molecule has 2 aromatic heterocycles. The van der Waals surface area contributed by atoms with Crippen molar-refractivity contribution in [3.05, 3.63) is 125 Å². The monoisotopic (exact) mass is 685 g/mol. The molecule has 0 atom stereocenters. The van der Waals surface area contributed by atoms with Gasteiger partial charge in [-0.1, -0.05) is 35.4 Å². The summed E-state index contributed by atoms with van der Waals surface area (Å²) < 4.78 is 34.6. The van der Waals surface area contributed by atoms with Gasteiger partial charge in [0.05, 0.1) is 22.2 Å². The Bertz CT molecular complexity index is 2310. The minimum Gasteiger partial charge on any atom is -0.451 e. The predicted octanol–water partition coefficient (Wildman–Crippen LogP) is 7.58. The van der Waals surface area contributed by atoms with Crippen molar-refractivity contribution in [2.75, 3.05) is 41.9 Å². The van der Waals surface area contributed by atoms with Crippen molar-refractivity contribution in [1.29, 1.82) is 5.26 Å². The van der Waals surface area contributed by atoms with Gasteiger partial charge in [-0.25, -0.2) is 8.42 Å². The summed E-state index contributed by atoms with van der Waals surface area (Å²) in [6, 6.07) is 28.8. The Morgan fingerprint density at radius 1 is 0.880 bits per heavy atom. The van der Waals surface area contributed by atoms with Crippen LogP contribution in [-0.2, 0) is 16.4 Å². The Hall–Kier alpha value is -5.37. The highest BCUT2D eigenvalue weighted by Gasteiger charge is 2.34. The maximum atomic E-state index is 14.0. The van der Waals surface area contributed by atoms with Crippen LogP contribution in [0.1, 0.15) is 45.7 Å². The smallest absolute Gasteiger partial charge is 0.308 e. The van der Waals surface area contributed by atoms with Gasteiger partial charge >= 0.3 is 5.91 Å². The lowest BCUT2D eigenvalue weighted by Crippen LogP contribution is -2.46. The quantitative estimate of drug-likeness (QED) is 0.148. The second-order valence-corrected chi connectivity index (χ2v) is 14.8. The molecule has 0 bridgehead atoms. The van der Waals surface area contributed by atoms with E-state index in [1.54, 1.807) is 42.5 Å². The first kappa shape index (κ1) is 33.1. The van der Waals surface area contributed by atoms with Crippen LogP contribution in [0.15, 0.2) is 107 Å². The topological polar surface area (TPSA) is 114 Å². The molecular weight excluding hydrogens is 647 g/mol. The summed E-state index contributed by atoms with van der Waals surface area (Å²) in [5.74, 6) is -0.797. The molecule has 254 valence electrons. The number of fused-ring (bicyclic) bond motifs is 2.